The van der Waals surface area contributed by atoms with Gasteiger partial charge in [0.25, 0.3) is 0 Å². The van der Waals surface area contributed by atoms with Crippen LogP contribution in [-0.2, 0) is 20.0 Å². The predicted octanol–water partition coefficient (Wildman–Crippen LogP) is 3.65. The molecule has 8 heteroatoms. The maximum atomic E-state index is 5.20. The maximum Gasteiger partial charge on any atom is 0.193 e. The third-order valence-corrected chi connectivity index (χ3v) is 4.55. The highest BCUT2D eigenvalue weighted by Crippen LogP contribution is 2.15. The number of hydrogen-bond acceptors (Lipinski definition) is 3. The SMILES string of the molecule is CN=C(NCCCc1c(C)noc1C)N(C)Cc1cc(Br)cn1C.I. The van der Waals surface area contributed by atoms with Crippen molar-refractivity contribution in [2.75, 3.05) is 20.6 Å². The molecule has 1 N–H and O–H groups in total. The monoisotopic (exact) mass is 523 g/mol. The summed E-state index contributed by atoms with van der Waals surface area (Å²) in [6.07, 6.45) is 4.02. The fourth-order valence-electron chi connectivity index (χ4n) is 2.75. The normalized spacial score (nSPS) is 11.4. The third kappa shape index (κ3) is 6.02. The van der Waals surface area contributed by atoms with E-state index in [4.69, 9.17) is 4.52 Å². The van der Waals surface area contributed by atoms with E-state index in [1.807, 2.05) is 35.0 Å². The van der Waals surface area contributed by atoms with Crippen LogP contribution in [0.25, 0.3) is 0 Å². The van der Waals surface area contributed by atoms with Crippen molar-refractivity contribution in [1.82, 2.24) is 19.9 Å². The topological polar surface area (TPSA) is 58.6 Å². The second kappa shape index (κ2) is 10.2. The minimum absolute atomic E-state index is 0. The summed E-state index contributed by atoms with van der Waals surface area (Å²) in [4.78, 5) is 6.49. The molecule has 6 nitrogen and oxygen atoms in total. The average molecular weight is 524 g/mol. The molecule has 0 saturated heterocycles. The van der Waals surface area contributed by atoms with Crippen LogP contribution in [0.3, 0.4) is 0 Å². The highest BCUT2D eigenvalue weighted by atomic mass is 127. The van der Waals surface area contributed by atoms with Crippen LogP contribution >= 0.6 is 39.9 Å². The standard InChI is InChI=1S/C17H26BrN5O.HI/c1-12-16(13(2)24-21-12)7-6-8-20-17(19-3)23(5)11-15-9-14(18)10-22(15)4;/h9-10H,6-8,11H2,1-5H3,(H,19,20);1H. The first kappa shape index (κ1) is 22.0. The van der Waals surface area contributed by atoms with Crippen LogP contribution in [0.1, 0.15) is 29.1 Å². The number of guanidine groups is 1. The summed E-state index contributed by atoms with van der Waals surface area (Å²) in [6.45, 7) is 5.61. The molecule has 0 fully saturated rings. The molecule has 2 heterocycles. The molecule has 0 aliphatic rings. The lowest BCUT2D eigenvalue weighted by Gasteiger charge is -2.22. The number of aromatic nitrogens is 2. The first-order chi connectivity index (χ1) is 11.4. The number of halogens is 2. The van der Waals surface area contributed by atoms with Gasteiger partial charge in [-0.15, -0.1) is 24.0 Å². The zero-order chi connectivity index (χ0) is 17.7. The Balaban J connectivity index is 0.00000312. The van der Waals surface area contributed by atoms with Crippen molar-refractivity contribution in [3.05, 3.63) is 39.4 Å². The number of aryl methyl sites for hydroxylation is 3. The second-order valence-electron chi connectivity index (χ2n) is 6.00. The van der Waals surface area contributed by atoms with E-state index < -0.39 is 0 Å². The van der Waals surface area contributed by atoms with Gasteiger partial charge in [-0.25, -0.2) is 0 Å². The van der Waals surface area contributed by atoms with Gasteiger partial charge in [-0.1, -0.05) is 5.16 Å². The number of nitrogens with one attached hydrogen (secondary N) is 1. The quantitative estimate of drug-likeness (QED) is 0.272. The summed E-state index contributed by atoms with van der Waals surface area (Å²) in [5.74, 6) is 1.81. The minimum Gasteiger partial charge on any atom is -0.361 e. The molecule has 0 radical (unpaired) electrons. The van der Waals surface area contributed by atoms with E-state index in [9.17, 15) is 0 Å². The Hall–Kier alpha value is -1.03. The summed E-state index contributed by atoms with van der Waals surface area (Å²) in [6, 6.07) is 2.13. The zero-order valence-electron chi connectivity index (χ0n) is 15.5. The molecule has 2 aromatic rings. The van der Waals surface area contributed by atoms with Crippen LogP contribution in [0.2, 0.25) is 0 Å². The van der Waals surface area contributed by atoms with E-state index in [1.54, 1.807) is 0 Å². The first-order valence-corrected chi connectivity index (χ1v) is 8.86. The Labute approximate surface area is 175 Å². The van der Waals surface area contributed by atoms with Gasteiger partial charge in [-0.2, -0.15) is 0 Å². The number of aliphatic imine (C=N–C) groups is 1. The van der Waals surface area contributed by atoms with Crippen LogP contribution in [0.4, 0.5) is 0 Å². The van der Waals surface area contributed by atoms with Gasteiger partial charge in [-0.3, -0.25) is 4.99 Å². The molecular formula is C17H27BrIN5O. The molecule has 0 spiro atoms. The fourth-order valence-corrected chi connectivity index (χ4v) is 3.32. The van der Waals surface area contributed by atoms with Crippen LogP contribution in [0.15, 0.2) is 26.3 Å². The maximum absolute atomic E-state index is 5.20. The average Bonchev–Trinajstić information content (AvgIpc) is 3.01. The van der Waals surface area contributed by atoms with E-state index in [-0.39, 0.29) is 24.0 Å². The molecule has 2 aromatic heterocycles. The Bertz CT molecular complexity index is 690. The Morgan fingerprint density at radius 1 is 1.44 bits per heavy atom. The van der Waals surface area contributed by atoms with Crippen molar-refractivity contribution in [3.63, 3.8) is 0 Å². The summed E-state index contributed by atoms with van der Waals surface area (Å²) in [5, 5.41) is 7.42. The van der Waals surface area contributed by atoms with Gasteiger partial charge >= 0.3 is 0 Å². The van der Waals surface area contributed by atoms with E-state index in [0.29, 0.717) is 0 Å². The summed E-state index contributed by atoms with van der Waals surface area (Å²) < 4.78 is 8.41. The van der Waals surface area contributed by atoms with Gasteiger partial charge in [0, 0.05) is 49.6 Å². The van der Waals surface area contributed by atoms with E-state index in [0.717, 1.165) is 47.8 Å². The van der Waals surface area contributed by atoms with Crippen molar-refractivity contribution in [3.8, 4) is 0 Å². The fraction of sp³-hybridized carbons (Fsp3) is 0.529. The molecule has 140 valence electrons. The molecule has 2 rings (SSSR count). The zero-order valence-corrected chi connectivity index (χ0v) is 19.4. The Morgan fingerprint density at radius 2 is 2.16 bits per heavy atom. The van der Waals surface area contributed by atoms with E-state index in [2.05, 4.69) is 53.1 Å². The number of nitrogens with zero attached hydrogens (tertiary/aromatic N) is 4. The van der Waals surface area contributed by atoms with Crippen LogP contribution < -0.4 is 5.32 Å². The lowest BCUT2D eigenvalue weighted by Crippen LogP contribution is -2.39. The molecule has 0 aromatic carbocycles. The lowest BCUT2D eigenvalue weighted by atomic mass is 10.1. The molecule has 0 unspecified atom stereocenters. The van der Waals surface area contributed by atoms with Crippen molar-refractivity contribution < 1.29 is 4.52 Å². The molecule has 0 aliphatic heterocycles. The van der Waals surface area contributed by atoms with Crippen molar-refractivity contribution in [1.29, 1.82) is 0 Å². The molecular weight excluding hydrogens is 497 g/mol. The predicted molar refractivity (Wildman–Crippen MR) is 116 cm³/mol. The van der Waals surface area contributed by atoms with Crippen molar-refractivity contribution in [2.45, 2.75) is 33.2 Å². The van der Waals surface area contributed by atoms with Gasteiger partial charge in [0.2, 0.25) is 0 Å². The van der Waals surface area contributed by atoms with Crippen LogP contribution in [0, 0.1) is 13.8 Å². The summed E-state index contributed by atoms with van der Waals surface area (Å²) >= 11 is 3.51. The largest absolute Gasteiger partial charge is 0.361 e. The highest BCUT2D eigenvalue weighted by Gasteiger charge is 2.11. The smallest absolute Gasteiger partial charge is 0.193 e. The molecule has 25 heavy (non-hydrogen) atoms. The molecule has 0 amide bonds. The molecule has 0 bridgehead atoms. The third-order valence-electron chi connectivity index (χ3n) is 4.11. The number of rotatable bonds is 6. The van der Waals surface area contributed by atoms with Gasteiger partial charge < -0.3 is 19.3 Å². The second-order valence-corrected chi connectivity index (χ2v) is 6.91. The first-order valence-electron chi connectivity index (χ1n) is 8.06. The Kier molecular flexibility index (Phi) is 8.98. The van der Waals surface area contributed by atoms with Crippen LogP contribution in [-0.4, -0.2) is 41.2 Å². The number of hydrogen-bond donors (Lipinski definition) is 1. The van der Waals surface area contributed by atoms with Gasteiger partial charge in [0.15, 0.2) is 5.96 Å². The van der Waals surface area contributed by atoms with E-state index in [1.165, 1.54) is 11.3 Å². The molecule has 0 atom stereocenters. The minimum atomic E-state index is 0. The van der Waals surface area contributed by atoms with Gasteiger partial charge in [-0.05, 0) is 48.7 Å². The van der Waals surface area contributed by atoms with Crippen molar-refractivity contribution >= 4 is 45.9 Å². The summed E-state index contributed by atoms with van der Waals surface area (Å²) in [5.41, 5.74) is 3.43. The summed E-state index contributed by atoms with van der Waals surface area (Å²) in [7, 11) is 5.91. The highest BCUT2D eigenvalue weighted by molar-refractivity contribution is 14.0. The van der Waals surface area contributed by atoms with Gasteiger partial charge in [0.1, 0.15) is 5.76 Å². The van der Waals surface area contributed by atoms with E-state index >= 15 is 0 Å². The van der Waals surface area contributed by atoms with Crippen molar-refractivity contribution in [2.24, 2.45) is 12.0 Å². The van der Waals surface area contributed by atoms with Crippen LogP contribution in [0.5, 0.6) is 0 Å². The molecule has 0 aliphatic carbocycles. The lowest BCUT2D eigenvalue weighted by molar-refractivity contribution is 0.392. The molecule has 0 saturated carbocycles. The Morgan fingerprint density at radius 3 is 2.68 bits per heavy atom. The van der Waals surface area contributed by atoms with Gasteiger partial charge in [0.05, 0.1) is 12.2 Å².